The topological polar surface area (TPSA) is 32.3 Å². The minimum absolute atomic E-state index is 0. The van der Waals surface area contributed by atoms with Crippen LogP contribution in [0.2, 0.25) is 0 Å². The Kier molecular flexibility index (Phi) is 5.09. The summed E-state index contributed by atoms with van der Waals surface area (Å²) in [5, 5.41) is 3.14. The van der Waals surface area contributed by atoms with Crippen molar-refractivity contribution >= 4 is 5.91 Å². The molecule has 1 aliphatic carbocycles. The van der Waals surface area contributed by atoms with Gasteiger partial charge in [-0.05, 0) is 69.2 Å². The highest BCUT2D eigenvalue weighted by molar-refractivity contribution is 5.73. The van der Waals surface area contributed by atoms with Crippen molar-refractivity contribution in [3.63, 3.8) is 0 Å². The van der Waals surface area contributed by atoms with Gasteiger partial charge in [0.15, 0.2) is 0 Å². The number of nitrogens with one attached hydrogen (secondary N) is 1. The van der Waals surface area contributed by atoms with Crippen molar-refractivity contribution in [1.29, 1.82) is 0 Å². The van der Waals surface area contributed by atoms with E-state index in [0.717, 1.165) is 13.0 Å². The zero-order chi connectivity index (χ0) is 17.2. The van der Waals surface area contributed by atoms with Crippen LogP contribution in [0.5, 0.6) is 0 Å². The number of rotatable bonds is 3. The molecule has 1 spiro atoms. The van der Waals surface area contributed by atoms with Crippen LogP contribution in [-0.4, -0.2) is 30.4 Å². The van der Waals surface area contributed by atoms with E-state index in [4.69, 9.17) is 0 Å². The fraction of sp³-hybridized carbons (Fsp3) is 0.571. The Bertz CT molecular complexity index is 629. The van der Waals surface area contributed by atoms with E-state index in [9.17, 15) is 4.79 Å². The summed E-state index contributed by atoms with van der Waals surface area (Å²) in [5.74, 6) is 0.0716. The van der Waals surface area contributed by atoms with Crippen molar-refractivity contribution in [3.05, 3.63) is 47.0 Å². The highest BCUT2D eigenvalue weighted by Crippen LogP contribution is 2.47. The first-order valence-corrected chi connectivity index (χ1v) is 9.22. The van der Waals surface area contributed by atoms with Crippen molar-refractivity contribution in [2.75, 3.05) is 19.6 Å². The molecule has 0 unspecified atom stereocenters. The largest absolute Gasteiger partial charge is 0.350 e. The van der Waals surface area contributed by atoms with Crippen LogP contribution < -0.4 is 5.32 Å². The molecule has 1 fully saturated rings. The fourth-order valence-electron chi connectivity index (χ4n) is 4.38. The summed E-state index contributed by atoms with van der Waals surface area (Å²) in [6, 6.07) is 8.97. The zero-order valence-electron chi connectivity index (χ0n) is 15.3. The van der Waals surface area contributed by atoms with E-state index < -0.39 is 0 Å². The standard InChI is InChI=1S/C21H30N2O.H2/c1-16(2)9-13-23-14-11-21(12-15-23)10-8-20(22-17(3)24)18-6-4-5-7-19(18)21;/h4-7,9,20H,8,10-15H2,1-3H3,(H,22,24);1H/t20-;/m0./s1. The maximum atomic E-state index is 11.5. The lowest BCUT2D eigenvalue weighted by Gasteiger charge is -2.47. The number of carbonyl (C=O) groups is 1. The first-order chi connectivity index (χ1) is 11.5. The van der Waals surface area contributed by atoms with Gasteiger partial charge in [0.25, 0.3) is 0 Å². The van der Waals surface area contributed by atoms with Gasteiger partial charge >= 0.3 is 0 Å². The zero-order valence-corrected chi connectivity index (χ0v) is 15.3. The van der Waals surface area contributed by atoms with Gasteiger partial charge in [-0.25, -0.2) is 0 Å². The minimum atomic E-state index is 0. The second-order valence-electron chi connectivity index (χ2n) is 7.74. The number of amides is 1. The molecule has 2 aliphatic rings. The lowest BCUT2D eigenvalue weighted by Crippen LogP contribution is -2.46. The number of likely N-dealkylation sites (tertiary alicyclic amines) is 1. The Morgan fingerprint density at radius 3 is 2.62 bits per heavy atom. The van der Waals surface area contributed by atoms with E-state index in [1.165, 1.54) is 49.1 Å². The van der Waals surface area contributed by atoms with Crippen LogP contribution in [0.1, 0.15) is 65.0 Å². The Balaban J connectivity index is 0.00000225. The Hall–Kier alpha value is -1.61. The molecule has 1 aliphatic heterocycles. The highest BCUT2D eigenvalue weighted by atomic mass is 16.1. The second-order valence-corrected chi connectivity index (χ2v) is 7.74. The molecule has 0 radical (unpaired) electrons. The average Bonchev–Trinajstić information content (AvgIpc) is 2.57. The molecule has 1 amide bonds. The van der Waals surface area contributed by atoms with Gasteiger partial charge < -0.3 is 5.32 Å². The van der Waals surface area contributed by atoms with Crippen LogP contribution in [0.25, 0.3) is 0 Å². The van der Waals surface area contributed by atoms with E-state index in [0.29, 0.717) is 5.41 Å². The number of benzene rings is 1. The molecule has 132 valence electrons. The van der Waals surface area contributed by atoms with Crippen molar-refractivity contribution in [2.24, 2.45) is 0 Å². The van der Waals surface area contributed by atoms with Crippen molar-refractivity contribution in [3.8, 4) is 0 Å². The normalized spacial score (nSPS) is 22.7. The van der Waals surface area contributed by atoms with E-state index >= 15 is 0 Å². The molecular formula is C21H32N2O. The first kappa shape index (κ1) is 17.2. The molecule has 1 heterocycles. The van der Waals surface area contributed by atoms with E-state index in [1.807, 2.05) is 0 Å². The number of carbonyl (C=O) groups excluding carboxylic acids is 1. The summed E-state index contributed by atoms with van der Waals surface area (Å²) in [5.41, 5.74) is 4.54. The fourth-order valence-corrected chi connectivity index (χ4v) is 4.38. The van der Waals surface area contributed by atoms with E-state index in [-0.39, 0.29) is 13.4 Å². The second kappa shape index (κ2) is 7.10. The quantitative estimate of drug-likeness (QED) is 0.843. The third kappa shape index (κ3) is 3.56. The van der Waals surface area contributed by atoms with Crippen LogP contribution in [0.15, 0.2) is 35.9 Å². The summed E-state index contributed by atoms with van der Waals surface area (Å²) in [4.78, 5) is 14.1. The van der Waals surface area contributed by atoms with Gasteiger partial charge in [-0.1, -0.05) is 35.9 Å². The Morgan fingerprint density at radius 1 is 1.25 bits per heavy atom. The molecule has 1 N–H and O–H groups in total. The summed E-state index contributed by atoms with van der Waals surface area (Å²) in [6.45, 7) is 9.38. The van der Waals surface area contributed by atoms with Gasteiger partial charge in [0.1, 0.15) is 0 Å². The number of fused-ring (bicyclic) bond motifs is 2. The van der Waals surface area contributed by atoms with Crippen LogP contribution in [0, 0.1) is 0 Å². The van der Waals surface area contributed by atoms with Gasteiger partial charge in [-0.3, -0.25) is 9.69 Å². The number of hydrogen-bond donors (Lipinski definition) is 1. The lowest BCUT2D eigenvalue weighted by atomic mass is 9.63. The third-order valence-electron chi connectivity index (χ3n) is 5.77. The first-order valence-electron chi connectivity index (χ1n) is 9.22. The molecule has 3 heteroatoms. The van der Waals surface area contributed by atoms with Crippen molar-refractivity contribution in [2.45, 2.75) is 57.9 Å². The predicted molar refractivity (Wildman–Crippen MR) is 101 cm³/mol. The average molecular weight is 328 g/mol. The third-order valence-corrected chi connectivity index (χ3v) is 5.77. The van der Waals surface area contributed by atoms with Crippen LogP contribution in [-0.2, 0) is 10.2 Å². The molecule has 1 atom stereocenters. The van der Waals surface area contributed by atoms with Gasteiger partial charge in [0, 0.05) is 14.9 Å². The van der Waals surface area contributed by atoms with Gasteiger partial charge in [-0.15, -0.1) is 0 Å². The number of piperidine rings is 1. The summed E-state index contributed by atoms with van der Waals surface area (Å²) in [7, 11) is 0. The summed E-state index contributed by atoms with van der Waals surface area (Å²) in [6.07, 6.45) is 7.04. The molecule has 0 aromatic heterocycles. The van der Waals surface area contributed by atoms with Crippen LogP contribution >= 0.6 is 0 Å². The molecule has 1 aromatic rings. The number of hydrogen-bond acceptors (Lipinski definition) is 2. The number of nitrogens with zero attached hydrogens (tertiary/aromatic N) is 1. The van der Waals surface area contributed by atoms with Gasteiger partial charge in [0.05, 0.1) is 6.04 Å². The predicted octanol–water partition coefficient (Wildman–Crippen LogP) is 4.20. The SMILES string of the molecule is CC(=O)N[C@H]1CCC2(CCN(CC=C(C)C)CC2)c2ccccc21.[HH]. The molecular weight excluding hydrogens is 296 g/mol. The lowest BCUT2D eigenvalue weighted by molar-refractivity contribution is -0.119. The van der Waals surface area contributed by atoms with Gasteiger partial charge in [-0.2, -0.15) is 0 Å². The Morgan fingerprint density at radius 2 is 1.96 bits per heavy atom. The van der Waals surface area contributed by atoms with Crippen molar-refractivity contribution in [1.82, 2.24) is 10.2 Å². The van der Waals surface area contributed by atoms with Crippen LogP contribution in [0.3, 0.4) is 0 Å². The van der Waals surface area contributed by atoms with E-state index in [1.54, 1.807) is 6.92 Å². The van der Waals surface area contributed by atoms with Gasteiger partial charge in [0.2, 0.25) is 5.91 Å². The minimum Gasteiger partial charge on any atom is -0.350 e. The summed E-state index contributed by atoms with van der Waals surface area (Å²) >= 11 is 0. The molecule has 0 bridgehead atoms. The highest BCUT2D eigenvalue weighted by Gasteiger charge is 2.41. The molecule has 3 rings (SSSR count). The maximum absolute atomic E-state index is 11.5. The maximum Gasteiger partial charge on any atom is 0.217 e. The monoisotopic (exact) mass is 328 g/mol. The molecule has 3 nitrogen and oxygen atoms in total. The molecule has 1 saturated heterocycles. The Labute approximate surface area is 147 Å². The van der Waals surface area contributed by atoms with E-state index in [2.05, 4.69) is 54.4 Å². The molecule has 0 saturated carbocycles. The van der Waals surface area contributed by atoms with Crippen molar-refractivity contribution < 1.29 is 6.22 Å². The summed E-state index contributed by atoms with van der Waals surface area (Å²) < 4.78 is 0. The molecule has 24 heavy (non-hydrogen) atoms. The number of allylic oxidation sites excluding steroid dienone is 1. The molecule has 1 aromatic carbocycles. The smallest absolute Gasteiger partial charge is 0.217 e. The van der Waals surface area contributed by atoms with Crippen LogP contribution in [0.4, 0.5) is 0 Å².